The Bertz CT molecular complexity index is 440. The van der Waals surface area contributed by atoms with Crippen molar-refractivity contribution in [2.45, 2.75) is 25.6 Å². The van der Waals surface area contributed by atoms with Gasteiger partial charge in [-0.2, -0.15) is 0 Å². The average Bonchev–Trinajstić information content (AvgIpc) is 2.26. The molecule has 1 unspecified atom stereocenters. The minimum Gasteiger partial charge on any atom is -0.394 e. The lowest BCUT2D eigenvalue weighted by Gasteiger charge is -2.43. The minimum absolute atomic E-state index is 0.0219. The number of hydrogen-bond donors (Lipinski definition) is 1. The van der Waals surface area contributed by atoms with Gasteiger partial charge in [-0.25, -0.2) is 4.98 Å². The summed E-state index contributed by atoms with van der Waals surface area (Å²) in [5, 5.41) is 9.31. The van der Waals surface area contributed by atoms with E-state index in [0.717, 1.165) is 21.3 Å². The van der Waals surface area contributed by atoms with Crippen molar-refractivity contribution in [1.82, 2.24) is 4.98 Å². The van der Waals surface area contributed by atoms with Gasteiger partial charge in [0, 0.05) is 23.8 Å². The minimum atomic E-state index is -0.292. The zero-order valence-corrected chi connectivity index (χ0v) is 13.5. The molecule has 18 heavy (non-hydrogen) atoms. The summed E-state index contributed by atoms with van der Waals surface area (Å²) in [6, 6.07) is 1.97. The van der Waals surface area contributed by atoms with Crippen molar-refractivity contribution in [2.24, 2.45) is 0 Å². The van der Waals surface area contributed by atoms with Gasteiger partial charge in [0.1, 0.15) is 5.82 Å². The summed E-state index contributed by atoms with van der Waals surface area (Å²) in [4.78, 5) is 6.57. The van der Waals surface area contributed by atoms with E-state index in [9.17, 15) is 5.11 Å². The van der Waals surface area contributed by atoms with Gasteiger partial charge in [0.15, 0.2) is 0 Å². The first-order valence-electron chi connectivity index (χ1n) is 5.76. The molecule has 1 N–H and O–H groups in total. The van der Waals surface area contributed by atoms with Gasteiger partial charge >= 0.3 is 0 Å². The van der Waals surface area contributed by atoms with Crippen LogP contribution >= 0.6 is 31.9 Å². The normalized spacial score (nSPS) is 23.2. The van der Waals surface area contributed by atoms with Crippen molar-refractivity contribution < 1.29 is 9.84 Å². The summed E-state index contributed by atoms with van der Waals surface area (Å²) in [5.74, 6) is 0.882. The van der Waals surface area contributed by atoms with Crippen LogP contribution in [0.5, 0.6) is 0 Å². The molecule has 1 atom stereocenters. The molecule has 0 amide bonds. The monoisotopic (exact) mass is 378 g/mol. The third-order valence-electron chi connectivity index (χ3n) is 2.77. The van der Waals surface area contributed by atoms with Crippen LogP contribution in [0.3, 0.4) is 0 Å². The second-order valence-electron chi connectivity index (χ2n) is 5.02. The highest BCUT2D eigenvalue weighted by Gasteiger charge is 2.34. The molecule has 100 valence electrons. The lowest BCUT2D eigenvalue weighted by molar-refractivity contribution is -0.101. The molecule has 0 aliphatic carbocycles. The van der Waals surface area contributed by atoms with E-state index < -0.39 is 0 Å². The van der Waals surface area contributed by atoms with Gasteiger partial charge < -0.3 is 14.7 Å². The number of rotatable bonds is 2. The standard InChI is InChI=1S/C12H16Br2N2O2/c1-12(2)7-16(5-9(6-17)18-12)11-10(14)3-8(13)4-15-11/h3-4,9,17H,5-7H2,1-2H3. The highest BCUT2D eigenvalue weighted by atomic mass is 79.9. The van der Waals surface area contributed by atoms with E-state index in [-0.39, 0.29) is 18.3 Å². The summed E-state index contributed by atoms with van der Waals surface area (Å²) in [6.45, 7) is 5.46. The number of hydrogen-bond acceptors (Lipinski definition) is 4. The third-order valence-corrected chi connectivity index (χ3v) is 3.79. The number of anilines is 1. The zero-order valence-electron chi connectivity index (χ0n) is 10.4. The molecule has 2 heterocycles. The van der Waals surface area contributed by atoms with Crippen molar-refractivity contribution in [3.05, 3.63) is 21.2 Å². The Kier molecular flexibility index (Phi) is 4.31. The molecule has 1 aliphatic rings. The Morgan fingerprint density at radius 3 is 2.89 bits per heavy atom. The van der Waals surface area contributed by atoms with E-state index in [1.165, 1.54) is 0 Å². The first kappa shape index (κ1) is 14.2. The Hall–Kier alpha value is -0.170. The molecule has 1 aromatic heterocycles. The fourth-order valence-corrected chi connectivity index (χ4v) is 3.43. The molecule has 6 heteroatoms. The fourth-order valence-electron chi connectivity index (χ4n) is 2.19. The van der Waals surface area contributed by atoms with Crippen LogP contribution in [-0.4, -0.2) is 41.5 Å². The lowest BCUT2D eigenvalue weighted by Crippen LogP contribution is -2.54. The maximum Gasteiger partial charge on any atom is 0.143 e. The van der Waals surface area contributed by atoms with Crippen LogP contribution in [0.4, 0.5) is 5.82 Å². The van der Waals surface area contributed by atoms with E-state index in [1.54, 1.807) is 6.20 Å². The maximum absolute atomic E-state index is 9.31. The maximum atomic E-state index is 9.31. The van der Waals surface area contributed by atoms with Crippen LogP contribution in [0.15, 0.2) is 21.2 Å². The van der Waals surface area contributed by atoms with Gasteiger partial charge in [0.25, 0.3) is 0 Å². The fraction of sp³-hybridized carbons (Fsp3) is 0.583. The largest absolute Gasteiger partial charge is 0.394 e. The number of pyridine rings is 1. The van der Waals surface area contributed by atoms with Crippen LogP contribution in [0.1, 0.15) is 13.8 Å². The van der Waals surface area contributed by atoms with E-state index in [4.69, 9.17) is 4.74 Å². The van der Waals surface area contributed by atoms with Crippen LogP contribution in [0.2, 0.25) is 0 Å². The zero-order chi connectivity index (χ0) is 13.3. The molecule has 4 nitrogen and oxygen atoms in total. The van der Waals surface area contributed by atoms with Crippen LogP contribution in [0, 0.1) is 0 Å². The first-order chi connectivity index (χ1) is 8.41. The Morgan fingerprint density at radius 2 is 2.28 bits per heavy atom. The molecular weight excluding hydrogens is 364 g/mol. The number of halogens is 2. The van der Waals surface area contributed by atoms with Gasteiger partial charge in [0.2, 0.25) is 0 Å². The SMILES string of the molecule is CC1(C)CN(c2ncc(Br)cc2Br)CC(CO)O1. The van der Waals surface area contributed by atoms with E-state index in [0.29, 0.717) is 6.54 Å². The molecule has 1 saturated heterocycles. The number of nitrogens with zero attached hydrogens (tertiary/aromatic N) is 2. The third kappa shape index (κ3) is 3.23. The number of aliphatic hydroxyl groups excluding tert-OH is 1. The molecule has 1 aliphatic heterocycles. The molecule has 0 saturated carbocycles. The second kappa shape index (κ2) is 5.45. The van der Waals surface area contributed by atoms with Crippen molar-refractivity contribution in [1.29, 1.82) is 0 Å². The van der Waals surface area contributed by atoms with E-state index in [1.807, 2.05) is 19.9 Å². The van der Waals surface area contributed by atoms with Crippen LogP contribution in [-0.2, 0) is 4.74 Å². The van der Waals surface area contributed by atoms with Crippen molar-refractivity contribution in [3.63, 3.8) is 0 Å². The van der Waals surface area contributed by atoms with Crippen molar-refractivity contribution in [3.8, 4) is 0 Å². The Balaban J connectivity index is 2.26. The van der Waals surface area contributed by atoms with Gasteiger partial charge in [0.05, 0.1) is 22.8 Å². The van der Waals surface area contributed by atoms with Gasteiger partial charge in [-0.05, 0) is 51.8 Å². The summed E-state index contributed by atoms with van der Waals surface area (Å²) >= 11 is 6.92. The van der Waals surface area contributed by atoms with Crippen molar-refractivity contribution >= 4 is 37.7 Å². The first-order valence-corrected chi connectivity index (χ1v) is 7.34. The van der Waals surface area contributed by atoms with Gasteiger partial charge in [-0.1, -0.05) is 0 Å². The molecule has 0 bridgehead atoms. The number of morpholine rings is 1. The molecular formula is C12H16Br2N2O2. The summed E-state index contributed by atoms with van der Waals surface area (Å²) in [6.07, 6.45) is 1.60. The molecule has 1 aromatic rings. The van der Waals surface area contributed by atoms with Gasteiger partial charge in [-0.3, -0.25) is 0 Å². The van der Waals surface area contributed by atoms with E-state index >= 15 is 0 Å². The summed E-state index contributed by atoms with van der Waals surface area (Å²) < 4.78 is 7.67. The van der Waals surface area contributed by atoms with Gasteiger partial charge in [-0.15, -0.1) is 0 Å². The highest BCUT2D eigenvalue weighted by Crippen LogP contribution is 2.31. The van der Waals surface area contributed by atoms with E-state index in [2.05, 4.69) is 41.7 Å². The predicted molar refractivity (Wildman–Crippen MR) is 77.9 cm³/mol. The topological polar surface area (TPSA) is 45.6 Å². The Morgan fingerprint density at radius 1 is 1.56 bits per heavy atom. The number of ether oxygens (including phenoxy) is 1. The smallest absolute Gasteiger partial charge is 0.143 e. The Labute approximate surface area is 124 Å². The average molecular weight is 380 g/mol. The number of aromatic nitrogens is 1. The highest BCUT2D eigenvalue weighted by molar-refractivity contribution is 9.11. The summed E-state index contributed by atoms with van der Waals surface area (Å²) in [5.41, 5.74) is -0.292. The predicted octanol–water partition coefficient (Wildman–Crippen LogP) is 2.58. The quantitative estimate of drug-likeness (QED) is 0.857. The number of aliphatic hydroxyl groups is 1. The second-order valence-corrected chi connectivity index (χ2v) is 6.79. The van der Waals surface area contributed by atoms with Crippen LogP contribution < -0.4 is 4.90 Å². The molecule has 1 fully saturated rings. The molecule has 0 radical (unpaired) electrons. The van der Waals surface area contributed by atoms with Crippen LogP contribution in [0.25, 0.3) is 0 Å². The summed E-state index contributed by atoms with van der Waals surface area (Å²) in [7, 11) is 0. The molecule has 0 aromatic carbocycles. The van der Waals surface area contributed by atoms with Crippen molar-refractivity contribution in [2.75, 3.05) is 24.6 Å². The molecule has 0 spiro atoms. The lowest BCUT2D eigenvalue weighted by atomic mass is 10.1. The molecule has 2 rings (SSSR count).